The SMILES string of the molecule is Cc1cc(Nc2nc(Nc3ccc(S(N)(=O)=O)cc3)ncc2F)cc(C)c1N1CCN(C)CC1. The van der Waals surface area contributed by atoms with Gasteiger partial charge in [0.05, 0.1) is 11.1 Å². The molecule has 4 rings (SSSR count). The number of sulfonamides is 1. The van der Waals surface area contributed by atoms with Crippen LogP contribution < -0.4 is 20.7 Å². The van der Waals surface area contributed by atoms with Gasteiger partial charge in [0.25, 0.3) is 0 Å². The molecule has 0 aliphatic carbocycles. The molecule has 0 spiro atoms. The van der Waals surface area contributed by atoms with Gasteiger partial charge in [-0.1, -0.05) is 0 Å². The zero-order valence-electron chi connectivity index (χ0n) is 19.3. The molecule has 11 heteroatoms. The van der Waals surface area contributed by atoms with Crippen LogP contribution >= 0.6 is 0 Å². The van der Waals surface area contributed by atoms with Crippen molar-refractivity contribution in [1.82, 2.24) is 14.9 Å². The quantitative estimate of drug-likeness (QED) is 0.488. The number of likely N-dealkylation sites (N-methyl/N-ethyl adjacent to an activating group) is 1. The Morgan fingerprint density at radius 2 is 1.59 bits per heavy atom. The molecule has 1 aliphatic rings. The average Bonchev–Trinajstić information content (AvgIpc) is 2.77. The zero-order valence-corrected chi connectivity index (χ0v) is 20.2. The lowest BCUT2D eigenvalue weighted by molar-refractivity contribution is 0.312. The van der Waals surface area contributed by atoms with Crippen LogP contribution in [0.4, 0.5) is 33.2 Å². The molecule has 2 heterocycles. The fraction of sp³-hybridized carbons (Fsp3) is 0.304. The third-order valence-corrected chi connectivity index (χ3v) is 6.69. The molecular weight excluding hydrogens is 457 g/mol. The number of piperazine rings is 1. The number of nitrogens with one attached hydrogen (secondary N) is 2. The highest BCUT2D eigenvalue weighted by molar-refractivity contribution is 7.89. The minimum absolute atomic E-state index is 0.00816. The van der Waals surface area contributed by atoms with Gasteiger partial charge >= 0.3 is 0 Å². The number of nitrogens with two attached hydrogens (primary N) is 1. The molecule has 0 radical (unpaired) electrons. The summed E-state index contributed by atoms with van der Waals surface area (Å²) in [5.74, 6) is -0.395. The first-order chi connectivity index (χ1) is 16.1. The topological polar surface area (TPSA) is 116 Å². The van der Waals surface area contributed by atoms with Crippen molar-refractivity contribution in [2.75, 3.05) is 48.8 Å². The maximum Gasteiger partial charge on any atom is 0.238 e. The predicted octanol–water partition coefficient (Wildman–Crippen LogP) is 3.12. The van der Waals surface area contributed by atoms with Crippen LogP contribution in [-0.4, -0.2) is 56.5 Å². The second-order valence-corrected chi connectivity index (χ2v) is 10.0. The molecule has 0 unspecified atom stereocenters. The van der Waals surface area contributed by atoms with Crippen molar-refractivity contribution in [3.05, 3.63) is 59.5 Å². The van der Waals surface area contributed by atoms with Gasteiger partial charge in [-0.2, -0.15) is 4.98 Å². The van der Waals surface area contributed by atoms with Gasteiger partial charge in [-0.15, -0.1) is 0 Å². The highest BCUT2D eigenvalue weighted by Crippen LogP contribution is 2.31. The van der Waals surface area contributed by atoms with E-state index in [0.29, 0.717) is 5.69 Å². The van der Waals surface area contributed by atoms with E-state index in [2.05, 4.69) is 51.3 Å². The summed E-state index contributed by atoms with van der Waals surface area (Å²) in [6.07, 6.45) is 1.08. The van der Waals surface area contributed by atoms with Crippen LogP contribution in [0.1, 0.15) is 11.1 Å². The Morgan fingerprint density at radius 1 is 0.971 bits per heavy atom. The van der Waals surface area contributed by atoms with Gasteiger partial charge in [0.1, 0.15) is 0 Å². The third kappa shape index (κ3) is 5.44. The average molecular weight is 486 g/mol. The molecule has 4 N–H and O–H groups in total. The molecule has 9 nitrogen and oxygen atoms in total. The van der Waals surface area contributed by atoms with Crippen LogP contribution in [0.2, 0.25) is 0 Å². The van der Waals surface area contributed by atoms with Gasteiger partial charge in [-0.25, -0.2) is 22.9 Å². The Kier molecular flexibility index (Phi) is 6.69. The summed E-state index contributed by atoms with van der Waals surface area (Å²) in [6.45, 7) is 8.09. The molecule has 1 aromatic heterocycles. The monoisotopic (exact) mass is 485 g/mol. The highest BCUT2D eigenvalue weighted by Gasteiger charge is 2.19. The standard InChI is InChI=1S/C23H28FN7O2S/c1-15-12-18(13-16(2)21(15)31-10-8-30(3)9-11-31)27-22-20(24)14-26-23(29-22)28-17-4-6-19(7-5-17)34(25,32)33/h4-7,12-14H,8-11H2,1-3H3,(H2,25,32,33)(H2,26,27,28,29). The number of hydrogen-bond acceptors (Lipinski definition) is 8. The van der Waals surface area contributed by atoms with E-state index < -0.39 is 15.8 Å². The Bertz CT molecular complexity index is 1270. The van der Waals surface area contributed by atoms with Crippen LogP contribution in [0.25, 0.3) is 0 Å². The van der Waals surface area contributed by atoms with Crippen molar-refractivity contribution in [3.63, 3.8) is 0 Å². The number of aromatic nitrogens is 2. The Morgan fingerprint density at radius 3 is 2.18 bits per heavy atom. The summed E-state index contributed by atoms with van der Waals surface area (Å²) in [7, 11) is -1.66. The molecule has 0 bridgehead atoms. The minimum Gasteiger partial charge on any atom is -0.369 e. The summed E-state index contributed by atoms with van der Waals surface area (Å²) in [4.78, 5) is 12.9. The van der Waals surface area contributed by atoms with Crippen LogP contribution in [0.15, 0.2) is 47.5 Å². The van der Waals surface area contributed by atoms with Crippen LogP contribution in [0.3, 0.4) is 0 Å². The first kappa shape index (κ1) is 23.9. The number of aryl methyl sites for hydroxylation is 2. The molecule has 0 amide bonds. The first-order valence-electron chi connectivity index (χ1n) is 10.8. The molecule has 180 valence electrons. The largest absolute Gasteiger partial charge is 0.369 e. The van der Waals surface area contributed by atoms with Crippen LogP contribution in [0, 0.1) is 19.7 Å². The normalized spacial score (nSPS) is 14.8. The van der Waals surface area contributed by atoms with E-state index in [9.17, 15) is 12.8 Å². The van der Waals surface area contributed by atoms with Crippen molar-refractivity contribution in [1.29, 1.82) is 0 Å². The number of primary sulfonamides is 1. The maximum atomic E-state index is 14.5. The summed E-state index contributed by atoms with van der Waals surface area (Å²) >= 11 is 0. The van der Waals surface area contributed by atoms with Crippen molar-refractivity contribution < 1.29 is 12.8 Å². The zero-order chi connectivity index (χ0) is 24.5. The minimum atomic E-state index is -3.78. The van der Waals surface area contributed by atoms with Gasteiger partial charge in [-0.3, -0.25) is 0 Å². The van der Waals surface area contributed by atoms with Crippen molar-refractivity contribution >= 4 is 38.9 Å². The first-order valence-corrected chi connectivity index (χ1v) is 12.4. The molecular formula is C23H28FN7O2S. The molecule has 3 aromatic rings. The van der Waals surface area contributed by atoms with Crippen LogP contribution in [0.5, 0.6) is 0 Å². The predicted molar refractivity (Wildman–Crippen MR) is 132 cm³/mol. The summed E-state index contributed by atoms with van der Waals surface area (Å²) in [6, 6.07) is 9.77. The molecule has 0 atom stereocenters. The third-order valence-electron chi connectivity index (χ3n) is 5.76. The lowest BCUT2D eigenvalue weighted by atomic mass is 10.1. The second-order valence-electron chi connectivity index (χ2n) is 8.46. The number of rotatable bonds is 6. The van der Waals surface area contributed by atoms with E-state index in [0.717, 1.165) is 49.2 Å². The van der Waals surface area contributed by atoms with Gasteiger partial charge < -0.3 is 20.4 Å². The summed E-state index contributed by atoms with van der Waals surface area (Å²) in [5, 5.41) is 11.1. The van der Waals surface area contributed by atoms with Crippen LogP contribution in [-0.2, 0) is 10.0 Å². The van der Waals surface area contributed by atoms with E-state index >= 15 is 0 Å². The Labute approximate surface area is 198 Å². The van der Waals surface area contributed by atoms with E-state index in [4.69, 9.17) is 5.14 Å². The van der Waals surface area contributed by atoms with Crippen molar-refractivity contribution in [2.45, 2.75) is 18.7 Å². The number of nitrogens with zero attached hydrogens (tertiary/aromatic N) is 4. The fourth-order valence-electron chi connectivity index (χ4n) is 4.07. The number of hydrogen-bond donors (Lipinski definition) is 3. The highest BCUT2D eigenvalue weighted by atomic mass is 32.2. The summed E-state index contributed by atoms with van der Waals surface area (Å²) < 4.78 is 37.3. The fourth-order valence-corrected chi connectivity index (χ4v) is 4.58. The van der Waals surface area contributed by atoms with E-state index in [1.807, 2.05) is 12.1 Å². The van der Waals surface area contributed by atoms with Gasteiger partial charge in [-0.05, 0) is 68.4 Å². The Balaban J connectivity index is 1.52. The second kappa shape index (κ2) is 9.53. The smallest absolute Gasteiger partial charge is 0.238 e. The molecule has 1 fully saturated rings. The van der Waals surface area contributed by atoms with E-state index in [1.54, 1.807) is 0 Å². The number of halogens is 1. The Hall–Kier alpha value is -3.28. The molecule has 2 aromatic carbocycles. The van der Waals surface area contributed by atoms with E-state index in [1.165, 1.54) is 30.0 Å². The van der Waals surface area contributed by atoms with E-state index in [-0.39, 0.29) is 16.7 Å². The maximum absolute atomic E-state index is 14.5. The molecule has 1 aliphatic heterocycles. The van der Waals surface area contributed by atoms with Crippen molar-refractivity contribution in [3.8, 4) is 0 Å². The summed E-state index contributed by atoms with van der Waals surface area (Å²) in [5.41, 5.74) is 4.69. The lowest BCUT2D eigenvalue weighted by Gasteiger charge is -2.36. The molecule has 1 saturated heterocycles. The van der Waals surface area contributed by atoms with Crippen molar-refractivity contribution in [2.24, 2.45) is 5.14 Å². The van der Waals surface area contributed by atoms with Gasteiger partial charge in [0.2, 0.25) is 16.0 Å². The van der Waals surface area contributed by atoms with Gasteiger partial charge in [0.15, 0.2) is 11.6 Å². The van der Waals surface area contributed by atoms with Gasteiger partial charge in [0, 0.05) is 43.2 Å². The number of anilines is 5. The lowest BCUT2D eigenvalue weighted by Crippen LogP contribution is -2.45. The number of benzene rings is 2. The molecule has 34 heavy (non-hydrogen) atoms. The molecule has 0 saturated carbocycles.